The second-order valence-electron chi connectivity index (χ2n) is 5.53. The third-order valence-electron chi connectivity index (χ3n) is 4.22. The summed E-state index contributed by atoms with van der Waals surface area (Å²) in [7, 11) is 0. The standard InChI is InChI=1S/C15H16N4O3/c16-15(22)19(9-5-7-17-8-6-9)18-12-13(20)10-3-1-2-4-11(10)14(12)21/h5-8,10-11H,1-4H2,(H2,16,22). The molecule has 2 N–H and O–H groups in total. The number of urea groups is 1. The summed E-state index contributed by atoms with van der Waals surface area (Å²) in [6.45, 7) is 0. The first-order valence-electron chi connectivity index (χ1n) is 7.26. The maximum Gasteiger partial charge on any atom is 0.340 e. The predicted molar refractivity (Wildman–Crippen MR) is 79.2 cm³/mol. The van der Waals surface area contributed by atoms with Gasteiger partial charge in [-0.25, -0.2) is 4.79 Å². The molecule has 2 amide bonds. The van der Waals surface area contributed by atoms with E-state index in [0.29, 0.717) is 18.5 Å². The van der Waals surface area contributed by atoms with Crippen LogP contribution in [0, 0.1) is 11.8 Å². The van der Waals surface area contributed by atoms with Crippen molar-refractivity contribution in [2.75, 3.05) is 5.01 Å². The number of carbonyl (C=O) groups is 3. The lowest BCUT2D eigenvalue weighted by atomic mass is 9.81. The second kappa shape index (κ2) is 5.67. The molecule has 0 spiro atoms. The molecule has 2 unspecified atom stereocenters. The van der Waals surface area contributed by atoms with Crippen molar-refractivity contribution in [1.82, 2.24) is 4.98 Å². The molecular formula is C15H16N4O3. The summed E-state index contributed by atoms with van der Waals surface area (Å²) in [4.78, 5) is 40.3. The van der Waals surface area contributed by atoms with Gasteiger partial charge in [-0.2, -0.15) is 10.1 Å². The molecule has 7 nitrogen and oxygen atoms in total. The van der Waals surface area contributed by atoms with Gasteiger partial charge in [-0.05, 0) is 25.0 Å². The second-order valence-corrected chi connectivity index (χ2v) is 5.53. The minimum absolute atomic E-state index is 0.160. The molecule has 1 aromatic rings. The van der Waals surface area contributed by atoms with Gasteiger partial charge < -0.3 is 5.73 Å². The van der Waals surface area contributed by atoms with Crippen LogP contribution in [0.1, 0.15) is 25.7 Å². The van der Waals surface area contributed by atoms with E-state index in [0.717, 1.165) is 17.9 Å². The summed E-state index contributed by atoms with van der Waals surface area (Å²) in [5.41, 5.74) is 5.53. The minimum atomic E-state index is -0.853. The molecule has 0 radical (unpaired) electrons. The molecule has 1 aromatic heterocycles. The van der Waals surface area contributed by atoms with E-state index in [1.165, 1.54) is 24.5 Å². The average Bonchev–Trinajstić information content (AvgIpc) is 2.78. The topological polar surface area (TPSA) is 106 Å². The summed E-state index contributed by atoms with van der Waals surface area (Å²) >= 11 is 0. The molecule has 0 saturated heterocycles. The number of anilines is 1. The lowest BCUT2D eigenvalue weighted by molar-refractivity contribution is -0.120. The van der Waals surface area contributed by atoms with E-state index < -0.39 is 6.03 Å². The number of carbonyl (C=O) groups excluding carboxylic acids is 3. The molecule has 2 saturated carbocycles. The van der Waals surface area contributed by atoms with Crippen LogP contribution in [0.2, 0.25) is 0 Å². The molecule has 2 aliphatic carbocycles. The van der Waals surface area contributed by atoms with Crippen LogP contribution in [0.25, 0.3) is 0 Å². The Morgan fingerprint density at radius 1 is 1.14 bits per heavy atom. The van der Waals surface area contributed by atoms with Gasteiger partial charge in [-0.3, -0.25) is 14.6 Å². The van der Waals surface area contributed by atoms with Crippen molar-refractivity contribution in [2.24, 2.45) is 22.7 Å². The third-order valence-corrected chi connectivity index (χ3v) is 4.22. The van der Waals surface area contributed by atoms with Crippen molar-refractivity contribution < 1.29 is 14.4 Å². The lowest BCUT2D eigenvalue weighted by Gasteiger charge is -2.20. The Morgan fingerprint density at radius 3 is 2.18 bits per heavy atom. The summed E-state index contributed by atoms with van der Waals surface area (Å²) in [5, 5.41) is 4.86. The Hall–Kier alpha value is -2.57. The first-order chi connectivity index (χ1) is 10.6. The number of nitrogens with zero attached hydrogens (tertiary/aromatic N) is 3. The molecule has 0 aromatic carbocycles. The smallest absolute Gasteiger partial charge is 0.340 e. The predicted octanol–water partition coefficient (Wildman–Crippen LogP) is 1.28. The number of hydrazone groups is 1. The van der Waals surface area contributed by atoms with Crippen molar-refractivity contribution >= 4 is 29.0 Å². The van der Waals surface area contributed by atoms with Gasteiger partial charge in [0.05, 0.1) is 5.69 Å². The van der Waals surface area contributed by atoms with Gasteiger partial charge in [-0.1, -0.05) is 12.8 Å². The molecule has 7 heteroatoms. The molecule has 114 valence electrons. The molecule has 2 aliphatic rings. The fraction of sp³-hybridized carbons (Fsp3) is 0.400. The lowest BCUT2D eigenvalue weighted by Crippen LogP contribution is -2.34. The van der Waals surface area contributed by atoms with Crippen molar-refractivity contribution in [1.29, 1.82) is 0 Å². The van der Waals surface area contributed by atoms with E-state index in [9.17, 15) is 14.4 Å². The van der Waals surface area contributed by atoms with Crippen LogP contribution in [0.5, 0.6) is 0 Å². The summed E-state index contributed by atoms with van der Waals surface area (Å²) in [5.74, 6) is -1.11. The zero-order chi connectivity index (χ0) is 15.7. The number of rotatable bonds is 2. The monoisotopic (exact) mass is 300 g/mol. The van der Waals surface area contributed by atoms with Crippen LogP contribution in [-0.4, -0.2) is 28.3 Å². The highest BCUT2D eigenvalue weighted by Crippen LogP contribution is 2.37. The Balaban J connectivity index is 1.97. The van der Waals surface area contributed by atoms with Crippen LogP contribution in [-0.2, 0) is 9.59 Å². The van der Waals surface area contributed by atoms with Crippen molar-refractivity contribution in [3.63, 3.8) is 0 Å². The number of nitrogens with two attached hydrogens (primary N) is 1. The van der Waals surface area contributed by atoms with Crippen LogP contribution >= 0.6 is 0 Å². The van der Waals surface area contributed by atoms with Crippen LogP contribution in [0.4, 0.5) is 10.5 Å². The van der Waals surface area contributed by atoms with E-state index in [2.05, 4.69) is 10.1 Å². The Morgan fingerprint density at radius 2 is 1.68 bits per heavy atom. The van der Waals surface area contributed by atoms with Gasteiger partial charge in [0, 0.05) is 24.2 Å². The molecule has 0 bridgehead atoms. The first-order valence-corrected chi connectivity index (χ1v) is 7.26. The first kappa shape index (κ1) is 14.4. The average molecular weight is 300 g/mol. The molecule has 2 fully saturated rings. The summed E-state index contributed by atoms with van der Waals surface area (Å²) < 4.78 is 0. The van der Waals surface area contributed by atoms with E-state index in [1.54, 1.807) is 0 Å². The normalized spacial score (nSPS) is 24.1. The fourth-order valence-electron chi connectivity index (χ4n) is 3.15. The van der Waals surface area contributed by atoms with Gasteiger partial charge in [0.1, 0.15) is 0 Å². The van der Waals surface area contributed by atoms with Gasteiger partial charge in [0.25, 0.3) is 0 Å². The largest absolute Gasteiger partial charge is 0.350 e. The van der Waals surface area contributed by atoms with Crippen molar-refractivity contribution in [3.05, 3.63) is 24.5 Å². The number of ketones is 2. The molecule has 1 heterocycles. The van der Waals surface area contributed by atoms with Crippen LogP contribution in [0.15, 0.2) is 29.6 Å². The number of pyridine rings is 1. The number of hydrogen-bond acceptors (Lipinski definition) is 5. The van der Waals surface area contributed by atoms with E-state index in [-0.39, 0.29) is 29.1 Å². The molecular weight excluding hydrogens is 284 g/mol. The molecule has 0 aliphatic heterocycles. The minimum Gasteiger partial charge on any atom is -0.350 e. The number of hydrogen-bond donors (Lipinski definition) is 1. The highest BCUT2D eigenvalue weighted by molar-refractivity contribution is 6.70. The zero-order valence-electron chi connectivity index (χ0n) is 11.9. The number of Topliss-reactive ketones (excluding diaryl/α,β-unsaturated/α-hetero) is 2. The van der Waals surface area contributed by atoms with Crippen LogP contribution in [0.3, 0.4) is 0 Å². The third kappa shape index (κ3) is 2.38. The Kier molecular flexibility index (Phi) is 3.70. The Bertz CT molecular complexity index is 630. The van der Waals surface area contributed by atoms with Gasteiger partial charge in [0.15, 0.2) is 17.3 Å². The SMILES string of the molecule is NC(=O)N(N=C1C(=O)C2CCCCC2C1=O)c1ccncc1. The van der Waals surface area contributed by atoms with E-state index >= 15 is 0 Å². The van der Waals surface area contributed by atoms with Crippen molar-refractivity contribution in [2.45, 2.75) is 25.7 Å². The van der Waals surface area contributed by atoms with Gasteiger partial charge >= 0.3 is 6.03 Å². The number of amides is 2. The summed E-state index contributed by atoms with van der Waals surface area (Å²) in [6.07, 6.45) is 6.25. The van der Waals surface area contributed by atoms with Crippen LogP contribution < -0.4 is 10.7 Å². The van der Waals surface area contributed by atoms with Crippen molar-refractivity contribution in [3.8, 4) is 0 Å². The highest BCUT2D eigenvalue weighted by Gasteiger charge is 2.48. The fourth-order valence-corrected chi connectivity index (χ4v) is 3.15. The number of fused-ring (bicyclic) bond motifs is 1. The van der Waals surface area contributed by atoms with Gasteiger partial charge in [-0.15, -0.1) is 0 Å². The highest BCUT2D eigenvalue weighted by atomic mass is 16.2. The Labute approximate surface area is 127 Å². The van der Waals surface area contributed by atoms with Gasteiger partial charge in [0.2, 0.25) is 0 Å². The van der Waals surface area contributed by atoms with E-state index in [4.69, 9.17) is 5.73 Å². The zero-order valence-corrected chi connectivity index (χ0v) is 11.9. The number of primary amides is 1. The maximum atomic E-state index is 12.4. The molecule has 2 atom stereocenters. The molecule has 22 heavy (non-hydrogen) atoms. The molecule has 3 rings (SSSR count). The quantitative estimate of drug-likeness (QED) is 0.830. The number of aromatic nitrogens is 1. The maximum absolute atomic E-state index is 12.4. The summed E-state index contributed by atoms with van der Waals surface area (Å²) in [6, 6.07) is 2.21. The van der Waals surface area contributed by atoms with E-state index in [1.807, 2.05) is 0 Å².